The lowest BCUT2D eigenvalue weighted by atomic mass is 9.87. The van der Waals surface area contributed by atoms with Crippen molar-refractivity contribution in [3.8, 4) is 0 Å². The predicted molar refractivity (Wildman–Crippen MR) is 145 cm³/mol. The van der Waals surface area contributed by atoms with Crippen molar-refractivity contribution in [3.63, 3.8) is 0 Å². The van der Waals surface area contributed by atoms with Crippen LogP contribution in [-0.4, -0.2) is 58.5 Å². The summed E-state index contributed by atoms with van der Waals surface area (Å²) in [5.41, 5.74) is 1.89. The fraction of sp³-hybridized carbons (Fsp3) is 0.385. The molecule has 7 nitrogen and oxygen atoms in total. The number of aliphatic hydroxyl groups is 1. The van der Waals surface area contributed by atoms with Crippen molar-refractivity contribution in [1.29, 1.82) is 0 Å². The SMILES string of the molecule is CCNC(=NCC(O)(Cc1ccccc1)c1ccccc1)N1CCOC(c2cnn(C)c2)C1.I. The summed E-state index contributed by atoms with van der Waals surface area (Å²) in [6.45, 7) is 5.09. The van der Waals surface area contributed by atoms with Crippen LogP contribution in [0.15, 0.2) is 78.0 Å². The van der Waals surface area contributed by atoms with E-state index >= 15 is 0 Å². The maximum atomic E-state index is 11.8. The Morgan fingerprint density at radius 3 is 2.53 bits per heavy atom. The van der Waals surface area contributed by atoms with Gasteiger partial charge in [-0.1, -0.05) is 60.7 Å². The Morgan fingerprint density at radius 2 is 1.88 bits per heavy atom. The zero-order valence-corrected chi connectivity index (χ0v) is 22.1. The molecule has 1 saturated heterocycles. The van der Waals surface area contributed by atoms with Gasteiger partial charge in [0.2, 0.25) is 0 Å². The lowest BCUT2D eigenvalue weighted by molar-refractivity contribution is -0.00843. The summed E-state index contributed by atoms with van der Waals surface area (Å²) in [5.74, 6) is 0.789. The minimum atomic E-state index is -1.11. The van der Waals surface area contributed by atoms with Crippen LogP contribution in [0.5, 0.6) is 0 Å². The van der Waals surface area contributed by atoms with Crippen molar-refractivity contribution < 1.29 is 9.84 Å². The zero-order chi connectivity index (χ0) is 23.1. The van der Waals surface area contributed by atoms with Crippen molar-refractivity contribution in [2.24, 2.45) is 12.0 Å². The Kier molecular flexibility index (Phi) is 9.49. The molecule has 0 bridgehead atoms. The highest BCUT2D eigenvalue weighted by molar-refractivity contribution is 14.0. The minimum absolute atomic E-state index is 0. The van der Waals surface area contributed by atoms with Gasteiger partial charge in [-0.3, -0.25) is 4.68 Å². The van der Waals surface area contributed by atoms with E-state index in [-0.39, 0.29) is 36.6 Å². The fourth-order valence-corrected chi connectivity index (χ4v) is 4.21. The number of guanidine groups is 1. The van der Waals surface area contributed by atoms with Crippen LogP contribution < -0.4 is 5.32 Å². The predicted octanol–water partition coefficient (Wildman–Crippen LogP) is 3.51. The van der Waals surface area contributed by atoms with E-state index in [9.17, 15) is 5.11 Å². The van der Waals surface area contributed by atoms with Gasteiger partial charge in [-0.15, -0.1) is 24.0 Å². The smallest absolute Gasteiger partial charge is 0.194 e. The molecule has 2 N–H and O–H groups in total. The first-order valence-corrected chi connectivity index (χ1v) is 11.5. The summed E-state index contributed by atoms with van der Waals surface area (Å²) < 4.78 is 7.79. The third kappa shape index (κ3) is 6.58. The number of nitrogens with one attached hydrogen (secondary N) is 1. The highest BCUT2D eigenvalue weighted by Crippen LogP contribution is 2.27. The number of aliphatic imine (C=N–C) groups is 1. The topological polar surface area (TPSA) is 74.9 Å². The van der Waals surface area contributed by atoms with Crippen LogP contribution in [-0.2, 0) is 23.8 Å². The minimum Gasteiger partial charge on any atom is -0.383 e. The number of aryl methyl sites for hydroxylation is 1. The Labute approximate surface area is 218 Å². The second-order valence-electron chi connectivity index (χ2n) is 8.48. The zero-order valence-electron chi connectivity index (χ0n) is 19.8. The highest BCUT2D eigenvalue weighted by Gasteiger charge is 2.31. The van der Waals surface area contributed by atoms with E-state index < -0.39 is 5.60 Å². The van der Waals surface area contributed by atoms with E-state index in [1.54, 1.807) is 4.68 Å². The summed E-state index contributed by atoms with van der Waals surface area (Å²) in [6.07, 6.45) is 4.27. The van der Waals surface area contributed by atoms with Crippen molar-refractivity contribution in [2.75, 3.05) is 32.8 Å². The lowest BCUT2D eigenvalue weighted by Gasteiger charge is -2.35. The molecule has 2 atom stereocenters. The summed E-state index contributed by atoms with van der Waals surface area (Å²) in [6, 6.07) is 19.9. The Bertz CT molecular complexity index is 1040. The number of halogens is 1. The second kappa shape index (κ2) is 12.3. The van der Waals surface area contributed by atoms with Gasteiger partial charge in [-0.25, -0.2) is 4.99 Å². The first-order chi connectivity index (χ1) is 16.1. The number of ether oxygens (including phenoxy) is 1. The Morgan fingerprint density at radius 1 is 1.18 bits per heavy atom. The average Bonchev–Trinajstić information content (AvgIpc) is 3.29. The Balaban J connectivity index is 0.00000324. The summed E-state index contributed by atoms with van der Waals surface area (Å²) in [7, 11) is 1.91. The molecular weight excluding hydrogens is 541 g/mol. The van der Waals surface area contributed by atoms with Gasteiger partial charge in [0.05, 0.1) is 25.9 Å². The van der Waals surface area contributed by atoms with Crippen molar-refractivity contribution in [1.82, 2.24) is 20.0 Å². The molecule has 182 valence electrons. The number of morpholine rings is 1. The maximum Gasteiger partial charge on any atom is 0.194 e. The molecule has 2 unspecified atom stereocenters. The molecule has 0 amide bonds. The first-order valence-electron chi connectivity index (χ1n) is 11.5. The molecular formula is C26H34IN5O2. The van der Waals surface area contributed by atoms with Gasteiger partial charge in [-0.2, -0.15) is 5.10 Å². The van der Waals surface area contributed by atoms with Gasteiger partial charge in [-0.05, 0) is 18.1 Å². The number of nitrogens with zero attached hydrogens (tertiary/aromatic N) is 4. The summed E-state index contributed by atoms with van der Waals surface area (Å²) in [4.78, 5) is 7.13. The summed E-state index contributed by atoms with van der Waals surface area (Å²) in [5, 5.41) is 19.5. The molecule has 1 aliphatic rings. The second-order valence-corrected chi connectivity index (χ2v) is 8.48. The van der Waals surface area contributed by atoms with E-state index in [1.165, 1.54) is 0 Å². The van der Waals surface area contributed by atoms with Gasteiger partial charge in [0.1, 0.15) is 11.7 Å². The monoisotopic (exact) mass is 575 g/mol. The maximum absolute atomic E-state index is 11.8. The number of rotatable bonds is 7. The first kappa shape index (κ1) is 26.2. The van der Waals surface area contributed by atoms with E-state index in [0.717, 1.165) is 35.7 Å². The number of aromatic nitrogens is 2. The molecule has 2 aromatic carbocycles. The average molecular weight is 575 g/mol. The standard InChI is InChI=1S/C26H33N5O2.HI/c1-3-27-25(31-14-15-33-24(19-31)22-17-29-30(2)18-22)28-20-26(32,23-12-8-5-9-13-23)16-21-10-6-4-7-11-21;/h4-13,17-18,24,32H,3,14-16,19-20H2,1-2H3,(H,27,28);1H. The molecule has 0 spiro atoms. The quantitative estimate of drug-likeness (QED) is 0.256. The molecule has 3 aromatic rings. The van der Waals surface area contributed by atoms with Gasteiger partial charge >= 0.3 is 0 Å². The van der Waals surface area contributed by atoms with Crippen LogP contribution >= 0.6 is 24.0 Å². The van der Waals surface area contributed by atoms with Crippen molar-refractivity contribution >= 4 is 29.9 Å². The van der Waals surface area contributed by atoms with Crippen LogP contribution in [0.25, 0.3) is 0 Å². The molecule has 0 saturated carbocycles. The third-order valence-corrected chi connectivity index (χ3v) is 5.94. The molecule has 1 aromatic heterocycles. The largest absolute Gasteiger partial charge is 0.383 e. The molecule has 1 aliphatic heterocycles. The van der Waals surface area contributed by atoms with Crippen LogP contribution in [0.4, 0.5) is 0 Å². The van der Waals surface area contributed by atoms with Crippen LogP contribution in [0.2, 0.25) is 0 Å². The number of hydrogen-bond acceptors (Lipinski definition) is 4. The molecule has 1 fully saturated rings. The van der Waals surface area contributed by atoms with E-state index in [2.05, 4.69) is 22.2 Å². The fourth-order valence-electron chi connectivity index (χ4n) is 4.21. The van der Waals surface area contributed by atoms with Gasteiger partial charge < -0.3 is 20.1 Å². The van der Waals surface area contributed by atoms with Crippen LogP contribution in [0, 0.1) is 0 Å². The molecule has 0 aliphatic carbocycles. The molecule has 4 rings (SSSR count). The Hall–Kier alpha value is -2.43. The summed E-state index contributed by atoms with van der Waals surface area (Å²) >= 11 is 0. The molecule has 0 radical (unpaired) electrons. The van der Waals surface area contributed by atoms with Gasteiger partial charge in [0, 0.05) is 38.3 Å². The van der Waals surface area contributed by atoms with Crippen molar-refractivity contribution in [2.45, 2.75) is 25.0 Å². The third-order valence-electron chi connectivity index (χ3n) is 5.94. The van der Waals surface area contributed by atoms with E-state index in [0.29, 0.717) is 19.6 Å². The molecule has 2 heterocycles. The van der Waals surface area contributed by atoms with E-state index in [4.69, 9.17) is 9.73 Å². The van der Waals surface area contributed by atoms with Gasteiger partial charge in [0.25, 0.3) is 0 Å². The molecule has 8 heteroatoms. The number of hydrogen-bond donors (Lipinski definition) is 2. The normalized spacial score (nSPS) is 18.1. The van der Waals surface area contributed by atoms with E-state index in [1.807, 2.05) is 80.1 Å². The highest BCUT2D eigenvalue weighted by atomic mass is 127. The molecule has 34 heavy (non-hydrogen) atoms. The van der Waals surface area contributed by atoms with Crippen molar-refractivity contribution in [3.05, 3.63) is 89.7 Å². The van der Waals surface area contributed by atoms with Crippen LogP contribution in [0.3, 0.4) is 0 Å². The lowest BCUT2D eigenvalue weighted by Crippen LogP contribution is -2.48. The van der Waals surface area contributed by atoms with Gasteiger partial charge in [0.15, 0.2) is 5.96 Å². The van der Waals surface area contributed by atoms with Crippen LogP contribution in [0.1, 0.15) is 29.7 Å². The number of benzene rings is 2.